The van der Waals surface area contributed by atoms with Crippen molar-refractivity contribution < 1.29 is 17.5 Å². The number of rotatable bonds is 3. The van der Waals surface area contributed by atoms with E-state index in [2.05, 4.69) is 0 Å². The van der Waals surface area contributed by atoms with E-state index < -0.39 is 15.8 Å². The van der Waals surface area contributed by atoms with E-state index in [1.807, 2.05) is 6.92 Å². The summed E-state index contributed by atoms with van der Waals surface area (Å²) in [6.45, 7) is 2.89. The number of hydrogen-bond donors (Lipinski definition) is 1. The van der Waals surface area contributed by atoms with Gasteiger partial charge in [-0.15, -0.1) is 0 Å². The van der Waals surface area contributed by atoms with Crippen molar-refractivity contribution in [3.05, 3.63) is 17.9 Å². The molecular formula is C12H17FN2O3S. The van der Waals surface area contributed by atoms with Crippen molar-refractivity contribution in [3.63, 3.8) is 0 Å². The van der Waals surface area contributed by atoms with Gasteiger partial charge >= 0.3 is 0 Å². The molecule has 2 rings (SSSR count). The van der Waals surface area contributed by atoms with Crippen LogP contribution >= 0.6 is 0 Å². The second kappa shape index (κ2) is 4.97. The van der Waals surface area contributed by atoms with Gasteiger partial charge in [0, 0.05) is 13.1 Å². The molecule has 5 nitrogen and oxygen atoms in total. The van der Waals surface area contributed by atoms with Crippen LogP contribution in [-0.4, -0.2) is 32.9 Å². The smallest absolute Gasteiger partial charge is 0.243 e. The van der Waals surface area contributed by atoms with Gasteiger partial charge in [0.2, 0.25) is 10.0 Å². The number of hydrogen-bond acceptors (Lipinski definition) is 4. The van der Waals surface area contributed by atoms with E-state index in [-0.39, 0.29) is 16.3 Å². The van der Waals surface area contributed by atoms with E-state index in [4.69, 9.17) is 10.5 Å². The third-order valence-electron chi connectivity index (χ3n) is 3.27. The van der Waals surface area contributed by atoms with Crippen LogP contribution in [0, 0.1) is 11.7 Å². The fourth-order valence-electron chi connectivity index (χ4n) is 2.22. The van der Waals surface area contributed by atoms with Crippen LogP contribution in [0.15, 0.2) is 17.0 Å². The molecule has 0 saturated carbocycles. The standard InChI is InChI=1S/C12H17FN2O3S/c1-8-3-4-15(7-8)19(16,17)9-5-10(13)12(18-2)11(14)6-9/h5-6,8H,3-4,7,14H2,1-2H3. The molecule has 7 heteroatoms. The van der Waals surface area contributed by atoms with Gasteiger partial charge in [0.1, 0.15) is 0 Å². The highest BCUT2D eigenvalue weighted by Crippen LogP contribution is 2.31. The monoisotopic (exact) mass is 288 g/mol. The van der Waals surface area contributed by atoms with Crippen molar-refractivity contribution in [1.29, 1.82) is 0 Å². The topological polar surface area (TPSA) is 72.6 Å². The predicted octanol–water partition coefficient (Wildman–Crippen LogP) is 1.45. The summed E-state index contributed by atoms with van der Waals surface area (Å²) in [5.41, 5.74) is 5.59. The first-order chi connectivity index (χ1) is 8.86. The molecule has 1 aromatic carbocycles. The normalized spacial score (nSPS) is 20.7. The fourth-order valence-corrected chi connectivity index (χ4v) is 3.84. The number of halogens is 1. The van der Waals surface area contributed by atoms with Crippen LogP contribution in [0.1, 0.15) is 13.3 Å². The molecule has 1 saturated heterocycles. The molecular weight excluding hydrogens is 271 g/mol. The van der Waals surface area contributed by atoms with E-state index in [0.29, 0.717) is 19.0 Å². The average molecular weight is 288 g/mol. The van der Waals surface area contributed by atoms with Crippen molar-refractivity contribution in [2.75, 3.05) is 25.9 Å². The van der Waals surface area contributed by atoms with Gasteiger partial charge in [0.15, 0.2) is 11.6 Å². The van der Waals surface area contributed by atoms with Gasteiger partial charge in [-0.1, -0.05) is 6.92 Å². The molecule has 0 amide bonds. The Morgan fingerprint density at radius 1 is 1.47 bits per heavy atom. The van der Waals surface area contributed by atoms with Crippen molar-refractivity contribution >= 4 is 15.7 Å². The number of nitrogen functional groups attached to an aromatic ring is 1. The highest BCUT2D eigenvalue weighted by molar-refractivity contribution is 7.89. The summed E-state index contributed by atoms with van der Waals surface area (Å²) in [5.74, 6) is -0.586. The van der Waals surface area contributed by atoms with Crippen LogP contribution in [0.3, 0.4) is 0 Å². The summed E-state index contributed by atoms with van der Waals surface area (Å²) >= 11 is 0. The zero-order valence-electron chi connectivity index (χ0n) is 10.9. The highest BCUT2D eigenvalue weighted by atomic mass is 32.2. The van der Waals surface area contributed by atoms with Gasteiger partial charge in [-0.3, -0.25) is 0 Å². The third kappa shape index (κ3) is 2.52. The summed E-state index contributed by atoms with van der Waals surface area (Å²) in [4.78, 5) is -0.127. The summed E-state index contributed by atoms with van der Waals surface area (Å²) in [5, 5.41) is 0. The Balaban J connectivity index is 2.41. The number of ether oxygens (including phenoxy) is 1. The number of nitrogens with zero attached hydrogens (tertiary/aromatic N) is 1. The molecule has 0 aliphatic carbocycles. The maximum atomic E-state index is 13.7. The Bertz CT molecular complexity index is 566. The molecule has 1 fully saturated rings. The second-order valence-corrected chi connectivity index (χ2v) is 6.72. The molecule has 0 spiro atoms. The van der Waals surface area contributed by atoms with Crippen molar-refractivity contribution in [2.45, 2.75) is 18.2 Å². The molecule has 2 N–H and O–H groups in total. The second-order valence-electron chi connectivity index (χ2n) is 4.78. The molecule has 1 unspecified atom stereocenters. The van der Waals surface area contributed by atoms with Gasteiger partial charge in [-0.25, -0.2) is 12.8 Å². The SMILES string of the molecule is COc1c(N)cc(S(=O)(=O)N2CCC(C)C2)cc1F. The predicted molar refractivity (Wildman–Crippen MR) is 69.9 cm³/mol. The van der Waals surface area contributed by atoms with Gasteiger partial charge in [0.05, 0.1) is 17.7 Å². The first-order valence-electron chi connectivity index (χ1n) is 5.99. The number of sulfonamides is 1. The Labute approximate surface area is 112 Å². The maximum Gasteiger partial charge on any atom is 0.243 e. The summed E-state index contributed by atoms with van der Waals surface area (Å²) in [7, 11) is -2.40. The van der Waals surface area contributed by atoms with Crippen molar-refractivity contribution in [2.24, 2.45) is 5.92 Å². The lowest BCUT2D eigenvalue weighted by molar-refractivity contribution is 0.387. The molecule has 1 atom stereocenters. The lowest BCUT2D eigenvalue weighted by Gasteiger charge is -2.17. The van der Waals surface area contributed by atoms with E-state index in [0.717, 1.165) is 12.5 Å². The van der Waals surface area contributed by atoms with Crippen LogP contribution < -0.4 is 10.5 Å². The number of benzene rings is 1. The number of nitrogens with two attached hydrogens (primary N) is 1. The van der Waals surface area contributed by atoms with E-state index in [9.17, 15) is 12.8 Å². The van der Waals surface area contributed by atoms with Crippen LogP contribution in [0.5, 0.6) is 5.75 Å². The van der Waals surface area contributed by atoms with E-state index >= 15 is 0 Å². The maximum absolute atomic E-state index is 13.7. The van der Waals surface area contributed by atoms with Gasteiger partial charge < -0.3 is 10.5 Å². The molecule has 0 radical (unpaired) electrons. The average Bonchev–Trinajstić information content (AvgIpc) is 2.76. The van der Waals surface area contributed by atoms with Gasteiger partial charge in [0.25, 0.3) is 0 Å². The largest absolute Gasteiger partial charge is 0.492 e. The zero-order chi connectivity index (χ0) is 14.2. The summed E-state index contributed by atoms with van der Waals surface area (Å²) < 4.78 is 44.5. The minimum absolute atomic E-state index is 0.0201. The Morgan fingerprint density at radius 3 is 2.63 bits per heavy atom. The first-order valence-corrected chi connectivity index (χ1v) is 7.43. The molecule has 1 aliphatic rings. The van der Waals surface area contributed by atoms with Crippen molar-refractivity contribution in [1.82, 2.24) is 4.31 Å². The van der Waals surface area contributed by atoms with Crippen LogP contribution in [0.2, 0.25) is 0 Å². The molecule has 0 aromatic heterocycles. The first kappa shape index (κ1) is 14.1. The molecule has 19 heavy (non-hydrogen) atoms. The minimum Gasteiger partial charge on any atom is -0.492 e. The molecule has 106 valence electrons. The quantitative estimate of drug-likeness (QED) is 0.854. The Morgan fingerprint density at radius 2 is 2.16 bits per heavy atom. The van der Waals surface area contributed by atoms with Gasteiger partial charge in [-0.05, 0) is 24.5 Å². The number of anilines is 1. The van der Waals surface area contributed by atoms with Gasteiger partial charge in [-0.2, -0.15) is 4.31 Å². The molecule has 1 aromatic rings. The van der Waals surface area contributed by atoms with Crippen LogP contribution in [0.25, 0.3) is 0 Å². The summed E-state index contributed by atoms with van der Waals surface area (Å²) in [6.07, 6.45) is 0.813. The Kier molecular flexibility index (Phi) is 3.69. The molecule has 1 aliphatic heterocycles. The van der Waals surface area contributed by atoms with Crippen LogP contribution in [0.4, 0.5) is 10.1 Å². The molecule has 1 heterocycles. The van der Waals surface area contributed by atoms with E-state index in [1.54, 1.807) is 0 Å². The Hall–Kier alpha value is -1.34. The highest BCUT2D eigenvalue weighted by Gasteiger charge is 2.31. The minimum atomic E-state index is -3.68. The number of methoxy groups -OCH3 is 1. The van der Waals surface area contributed by atoms with Crippen molar-refractivity contribution in [3.8, 4) is 5.75 Å². The zero-order valence-corrected chi connectivity index (χ0v) is 11.7. The lowest BCUT2D eigenvalue weighted by Crippen LogP contribution is -2.28. The lowest BCUT2D eigenvalue weighted by atomic mass is 10.2. The van der Waals surface area contributed by atoms with Crippen LogP contribution in [-0.2, 0) is 10.0 Å². The summed E-state index contributed by atoms with van der Waals surface area (Å²) in [6, 6.07) is 2.19. The fraction of sp³-hybridized carbons (Fsp3) is 0.500. The third-order valence-corrected chi connectivity index (χ3v) is 5.12. The van der Waals surface area contributed by atoms with E-state index in [1.165, 1.54) is 17.5 Å². The molecule has 0 bridgehead atoms.